The molecule has 0 N–H and O–H groups in total. The van der Waals surface area contributed by atoms with E-state index in [9.17, 15) is 4.39 Å². The number of rotatable bonds is 6. The van der Waals surface area contributed by atoms with Crippen LogP contribution in [0.25, 0.3) is 5.69 Å². The Morgan fingerprint density at radius 2 is 2.03 bits per heavy atom. The van der Waals surface area contributed by atoms with Crippen LogP contribution in [0.2, 0.25) is 0 Å². The predicted octanol–water partition coefficient (Wildman–Crippen LogP) is 6.72. The summed E-state index contributed by atoms with van der Waals surface area (Å²) in [6.45, 7) is 4.39. The number of aryl methyl sites for hydroxylation is 2. The van der Waals surface area contributed by atoms with E-state index in [1.165, 1.54) is 23.4 Å². The summed E-state index contributed by atoms with van der Waals surface area (Å²) in [7, 11) is 1.71. The molecule has 0 bridgehead atoms. The van der Waals surface area contributed by atoms with E-state index in [2.05, 4.69) is 41.6 Å². The standard InChI is InChI=1S/C26H26FN3OS2/c1-17-15-18(6-11-22(17)31-3)26(2)12-4-5-21-24(26)30(20-9-7-19(27)8-10-20)25(29-21)33-16-23-28-13-14-32-23/h6-11,13-15H,4-5,12,16H2,1-3H3. The molecule has 2 aromatic carbocycles. The minimum Gasteiger partial charge on any atom is -0.496 e. The minimum atomic E-state index is -0.238. The van der Waals surface area contributed by atoms with Crippen molar-refractivity contribution in [3.8, 4) is 11.4 Å². The number of nitrogens with zero attached hydrogens (tertiary/aromatic N) is 3. The van der Waals surface area contributed by atoms with Crippen molar-refractivity contribution in [2.24, 2.45) is 0 Å². The lowest BCUT2D eigenvalue weighted by Crippen LogP contribution is -2.31. The molecule has 1 unspecified atom stereocenters. The van der Waals surface area contributed by atoms with Gasteiger partial charge in [0.05, 0.1) is 24.3 Å². The molecule has 0 saturated carbocycles. The van der Waals surface area contributed by atoms with Gasteiger partial charge in [-0.2, -0.15) is 0 Å². The summed E-state index contributed by atoms with van der Waals surface area (Å²) in [5.41, 5.74) is 5.42. The molecule has 33 heavy (non-hydrogen) atoms. The van der Waals surface area contributed by atoms with E-state index in [1.807, 2.05) is 23.7 Å². The second kappa shape index (κ2) is 8.95. The minimum absolute atomic E-state index is 0.216. The zero-order chi connectivity index (χ0) is 23.0. The van der Waals surface area contributed by atoms with Gasteiger partial charge in [-0.3, -0.25) is 4.57 Å². The molecule has 0 saturated heterocycles. The fourth-order valence-corrected chi connectivity index (χ4v) is 6.47. The maximum Gasteiger partial charge on any atom is 0.173 e. The number of fused-ring (bicyclic) bond motifs is 1. The third-order valence-electron chi connectivity index (χ3n) is 6.46. The van der Waals surface area contributed by atoms with Crippen LogP contribution in [0.4, 0.5) is 4.39 Å². The smallest absolute Gasteiger partial charge is 0.173 e. The van der Waals surface area contributed by atoms with Gasteiger partial charge in [-0.15, -0.1) is 11.3 Å². The third-order valence-corrected chi connectivity index (χ3v) is 8.37. The Bertz CT molecular complexity index is 1270. The van der Waals surface area contributed by atoms with Crippen LogP contribution in [0.3, 0.4) is 0 Å². The number of hydrogen-bond donors (Lipinski definition) is 0. The summed E-state index contributed by atoms with van der Waals surface area (Å²) < 4.78 is 21.5. The molecule has 5 rings (SSSR count). The van der Waals surface area contributed by atoms with Gasteiger partial charge < -0.3 is 4.74 Å². The van der Waals surface area contributed by atoms with Crippen molar-refractivity contribution in [1.29, 1.82) is 0 Å². The van der Waals surface area contributed by atoms with Crippen LogP contribution in [0, 0.1) is 12.7 Å². The number of thioether (sulfide) groups is 1. The van der Waals surface area contributed by atoms with Crippen LogP contribution in [0.15, 0.2) is 59.2 Å². The van der Waals surface area contributed by atoms with Gasteiger partial charge >= 0.3 is 0 Å². The first-order valence-corrected chi connectivity index (χ1v) is 12.9. The van der Waals surface area contributed by atoms with Gasteiger partial charge in [0.2, 0.25) is 0 Å². The molecule has 4 nitrogen and oxygen atoms in total. The van der Waals surface area contributed by atoms with Gasteiger partial charge in [-0.05, 0) is 74.6 Å². The van der Waals surface area contributed by atoms with Crippen molar-refractivity contribution in [1.82, 2.24) is 14.5 Å². The van der Waals surface area contributed by atoms with E-state index in [4.69, 9.17) is 9.72 Å². The zero-order valence-electron chi connectivity index (χ0n) is 19.0. The second-order valence-corrected chi connectivity index (χ2v) is 10.5. The van der Waals surface area contributed by atoms with Gasteiger partial charge in [0.1, 0.15) is 16.6 Å². The fourth-order valence-electron chi connectivity index (χ4n) is 4.79. The van der Waals surface area contributed by atoms with Crippen molar-refractivity contribution in [3.05, 3.63) is 87.4 Å². The molecule has 170 valence electrons. The maximum absolute atomic E-state index is 13.8. The van der Waals surface area contributed by atoms with Crippen molar-refractivity contribution >= 4 is 23.1 Å². The number of halogens is 1. The number of thiazole rings is 1. The summed E-state index contributed by atoms with van der Waals surface area (Å²) in [5.74, 6) is 1.41. The van der Waals surface area contributed by atoms with Crippen molar-refractivity contribution in [3.63, 3.8) is 0 Å². The molecule has 2 aromatic heterocycles. The van der Waals surface area contributed by atoms with Crippen molar-refractivity contribution in [2.75, 3.05) is 7.11 Å². The predicted molar refractivity (Wildman–Crippen MR) is 132 cm³/mol. The Morgan fingerprint density at radius 3 is 2.73 bits per heavy atom. The highest BCUT2D eigenvalue weighted by Gasteiger charge is 2.39. The van der Waals surface area contributed by atoms with Gasteiger partial charge in [-0.25, -0.2) is 14.4 Å². The number of methoxy groups -OCH3 is 1. The first kappa shape index (κ1) is 22.2. The summed E-state index contributed by atoms with van der Waals surface area (Å²) in [6, 6.07) is 13.2. The first-order chi connectivity index (χ1) is 16.0. The maximum atomic E-state index is 13.8. The third kappa shape index (κ3) is 4.08. The number of imidazole rings is 1. The van der Waals surface area contributed by atoms with Crippen LogP contribution in [-0.2, 0) is 17.6 Å². The van der Waals surface area contributed by atoms with E-state index in [0.29, 0.717) is 0 Å². The van der Waals surface area contributed by atoms with Crippen LogP contribution in [-0.4, -0.2) is 21.6 Å². The Hall–Kier alpha value is -2.64. The normalized spacial score (nSPS) is 17.7. The quantitative estimate of drug-likeness (QED) is 0.288. The highest BCUT2D eigenvalue weighted by molar-refractivity contribution is 7.98. The molecular weight excluding hydrogens is 453 g/mol. The van der Waals surface area contributed by atoms with Crippen LogP contribution in [0.5, 0.6) is 5.75 Å². The van der Waals surface area contributed by atoms with Crippen LogP contribution < -0.4 is 4.74 Å². The molecular formula is C26H26FN3OS2. The Morgan fingerprint density at radius 1 is 1.21 bits per heavy atom. The van der Waals surface area contributed by atoms with Gasteiger partial charge in [0.15, 0.2) is 5.16 Å². The molecule has 1 aliphatic rings. The Balaban J connectivity index is 1.66. The zero-order valence-corrected chi connectivity index (χ0v) is 20.6. The molecule has 7 heteroatoms. The van der Waals surface area contributed by atoms with Crippen molar-refractivity contribution < 1.29 is 9.13 Å². The monoisotopic (exact) mass is 479 g/mol. The van der Waals surface area contributed by atoms with E-state index in [-0.39, 0.29) is 11.2 Å². The lowest BCUT2D eigenvalue weighted by Gasteiger charge is -2.36. The molecule has 2 heterocycles. The number of benzene rings is 2. The van der Waals surface area contributed by atoms with Gasteiger partial charge in [-0.1, -0.05) is 23.9 Å². The fraction of sp³-hybridized carbons (Fsp3) is 0.308. The SMILES string of the molecule is COc1ccc(C2(C)CCCc3nc(SCc4nccs4)n(-c4ccc(F)cc4)c32)cc1C. The summed E-state index contributed by atoms with van der Waals surface area (Å²) in [5, 5.41) is 4.00. The Kier molecular flexibility index (Phi) is 6.01. The van der Waals surface area contributed by atoms with Gasteiger partial charge in [0, 0.05) is 22.7 Å². The molecule has 1 aliphatic carbocycles. The average molecular weight is 480 g/mol. The largest absolute Gasteiger partial charge is 0.496 e. The molecule has 0 aliphatic heterocycles. The Labute approximate surface area is 201 Å². The number of aromatic nitrogens is 3. The van der Waals surface area contributed by atoms with E-state index in [0.717, 1.165) is 57.9 Å². The molecule has 0 fully saturated rings. The van der Waals surface area contributed by atoms with Crippen molar-refractivity contribution in [2.45, 2.75) is 49.4 Å². The summed E-state index contributed by atoms with van der Waals surface area (Å²) in [4.78, 5) is 9.54. The lowest BCUT2D eigenvalue weighted by atomic mass is 9.71. The topological polar surface area (TPSA) is 39.9 Å². The molecule has 1 atom stereocenters. The highest BCUT2D eigenvalue weighted by atomic mass is 32.2. The lowest BCUT2D eigenvalue weighted by molar-refractivity contribution is 0.409. The van der Waals surface area contributed by atoms with E-state index >= 15 is 0 Å². The summed E-state index contributed by atoms with van der Waals surface area (Å²) >= 11 is 3.34. The molecule has 4 aromatic rings. The molecule has 0 spiro atoms. The van der Waals surface area contributed by atoms with Crippen LogP contribution >= 0.6 is 23.1 Å². The second-order valence-electron chi connectivity index (χ2n) is 8.59. The number of ether oxygens (including phenoxy) is 1. The van der Waals surface area contributed by atoms with E-state index in [1.54, 1.807) is 30.2 Å². The number of hydrogen-bond acceptors (Lipinski definition) is 5. The molecule has 0 radical (unpaired) electrons. The van der Waals surface area contributed by atoms with Crippen LogP contribution in [0.1, 0.15) is 47.3 Å². The van der Waals surface area contributed by atoms with E-state index < -0.39 is 0 Å². The first-order valence-electron chi connectivity index (χ1n) is 11.0. The van der Waals surface area contributed by atoms with Gasteiger partial charge in [0.25, 0.3) is 0 Å². The summed E-state index contributed by atoms with van der Waals surface area (Å²) in [6.07, 6.45) is 4.88. The average Bonchev–Trinajstić information content (AvgIpc) is 3.46. The highest BCUT2D eigenvalue weighted by Crippen LogP contribution is 2.46. The molecule has 0 amide bonds.